The molecule has 8 atom stereocenters. The lowest BCUT2D eigenvalue weighted by Gasteiger charge is -2.58. The topological polar surface area (TPSA) is 44.8 Å². The largest absolute Gasteiger partial charge is 0.494 e. The number of fused-ring (bicyclic) bond motifs is 5. The average Bonchev–Trinajstić information content (AvgIpc) is 3.49. The van der Waals surface area contributed by atoms with E-state index < -0.39 is 0 Å². The number of rotatable bonds is 17. The molecule has 2 aromatic carbocycles. The van der Waals surface area contributed by atoms with Gasteiger partial charge in [-0.3, -0.25) is 4.79 Å². The van der Waals surface area contributed by atoms with E-state index in [1.54, 1.807) is 5.57 Å². The summed E-state index contributed by atoms with van der Waals surface area (Å²) in [5.74, 6) is 6.86. The van der Waals surface area contributed by atoms with Crippen LogP contribution >= 0.6 is 0 Å². The van der Waals surface area contributed by atoms with Crippen molar-refractivity contribution in [2.45, 2.75) is 150 Å². The van der Waals surface area contributed by atoms with Gasteiger partial charge in [-0.05, 0) is 146 Å². The number of hydrogen-bond acceptors (Lipinski definition) is 4. The number of hydrogen-bond donors (Lipinski definition) is 0. The first-order chi connectivity index (χ1) is 25.1. The molecular formula is C48H70O4. The van der Waals surface area contributed by atoms with Gasteiger partial charge in [0.05, 0.1) is 13.2 Å². The number of benzene rings is 2. The second kappa shape index (κ2) is 17.6. The Hall–Kier alpha value is -2.75. The molecular weight excluding hydrogens is 641 g/mol. The van der Waals surface area contributed by atoms with Crippen LogP contribution < -0.4 is 9.47 Å². The van der Waals surface area contributed by atoms with Gasteiger partial charge in [0.15, 0.2) is 0 Å². The van der Waals surface area contributed by atoms with E-state index in [-0.39, 0.29) is 17.5 Å². The maximum absolute atomic E-state index is 12.9. The molecule has 0 saturated heterocycles. The maximum atomic E-state index is 12.9. The van der Waals surface area contributed by atoms with Crippen LogP contribution in [0.25, 0.3) is 11.1 Å². The summed E-state index contributed by atoms with van der Waals surface area (Å²) in [6.07, 6.45) is 21.2. The number of carbonyl (C=O) groups excluding carboxylic acids is 1. The second-order valence-electron chi connectivity index (χ2n) is 18.2. The molecule has 3 saturated carbocycles. The van der Waals surface area contributed by atoms with Gasteiger partial charge in [-0.2, -0.15) is 0 Å². The number of carbonyl (C=O) groups is 1. The zero-order valence-electron chi connectivity index (χ0n) is 33.6. The number of allylic oxidation sites excluding steroid dienone is 1. The van der Waals surface area contributed by atoms with Crippen molar-refractivity contribution in [2.75, 3.05) is 13.2 Å². The van der Waals surface area contributed by atoms with Crippen LogP contribution in [0.15, 0.2) is 60.2 Å². The maximum Gasteiger partial charge on any atom is 0.306 e. The normalized spacial score (nSPS) is 30.1. The highest BCUT2D eigenvalue weighted by atomic mass is 16.5. The minimum atomic E-state index is -0.0398. The van der Waals surface area contributed by atoms with Crippen molar-refractivity contribution in [3.63, 3.8) is 0 Å². The minimum absolute atomic E-state index is 0.0398. The molecule has 4 aliphatic rings. The van der Waals surface area contributed by atoms with Gasteiger partial charge >= 0.3 is 5.97 Å². The predicted molar refractivity (Wildman–Crippen MR) is 215 cm³/mol. The Kier molecular flexibility index (Phi) is 13.2. The van der Waals surface area contributed by atoms with Crippen molar-refractivity contribution >= 4 is 5.97 Å². The average molecular weight is 711 g/mol. The molecule has 0 amide bonds. The first-order valence-corrected chi connectivity index (χ1v) is 21.5. The fourth-order valence-corrected chi connectivity index (χ4v) is 11.4. The third-order valence-electron chi connectivity index (χ3n) is 14.4. The molecule has 0 radical (unpaired) electrons. The third-order valence-corrected chi connectivity index (χ3v) is 14.4. The number of unbranched alkanes of at least 4 members (excludes halogenated alkanes) is 2. The first kappa shape index (κ1) is 39.0. The molecule has 0 N–H and O–H groups in total. The Labute approximate surface area is 316 Å². The molecule has 3 fully saturated rings. The van der Waals surface area contributed by atoms with Crippen LogP contribution in [0.3, 0.4) is 0 Å². The highest BCUT2D eigenvalue weighted by molar-refractivity contribution is 5.69. The molecule has 0 aliphatic heterocycles. The van der Waals surface area contributed by atoms with E-state index in [1.165, 1.54) is 57.8 Å². The molecule has 0 bridgehead atoms. The van der Waals surface area contributed by atoms with Crippen molar-refractivity contribution in [3.8, 4) is 22.6 Å². The molecule has 286 valence electrons. The molecule has 0 heterocycles. The molecule has 0 unspecified atom stereocenters. The molecule has 2 aromatic rings. The van der Waals surface area contributed by atoms with E-state index >= 15 is 0 Å². The van der Waals surface area contributed by atoms with Crippen LogP contribution in [-0.2, 0) is 9.53 Å². The lowest BCUT2D eigenvalue weighted by atomic mass is 9.47. The van der Waals surface area contributed by atoms with Crippen LogP contribution in [0.1, 0.15) is 144 Å². The third kappa shape index (κ3) is 8.95. The predicted octanol–water partition coefficient (Wildman–Crippen LogP) is 13.0. The van der Waals surface area contributed by atoms with Crippen molar-refractivity contribution in [1.82, 2.24) is 0 Å². The highest BCUT2D eigenvalue weighted by Gasteiger charge is 2.59. The summed E-state index contributed by atoms with van der Waals surface area (Å²) in [6.45, 7) is 16.1. The summed E-state index contributed by atoms with van der Waals surface area (Å²) in [7, 11) is 0. The van der Waals surface area contributed by atoms with Crippen molar-refractivity contribution < 1.29 is 19.0 Å². The van der Waals surface area contributed by atoms with Gasteiger partial charge in [0.1, 0.15) is 17.6 Å². The minimum Gasteiger partial charge on any atom is -0.494 e. The molecule has 4 nitrogen and oxygen atoms in total. The van der Waals surface area contributed by atoms with Crippen LogP contribution in [0.2, 0.25) is 0 Å². The number of ether oxygens (including phenoxy) is 3. The fourth-order valence-electron chi connectivity index (χ4n) is 11.4. The van der Waals surface area contributed by atoms with Crippen LogP contribution in [0.4, 0.5) is 0 Å². The SMILES string of the molecule is CCCCOc1ccc(-c2ccc(OCCCCC(=O)O[C@H]3CC[C@@]4(C)C(=CC[C@H]5[C@@H]6CC[C@H]([C@H](C)CCCC(C)C)[C@@]6(C)CC[C@@H]54)C3)cc2)cc1. The fraction of sp³-hybridized carbons (Fsp3) is 0.688. The Morgan fingerprint density at radius 2 is 1.44 bits per heavy atom. The van der Waals surface area contributed by atoms with Crippen LogP contribution in [0, 0.1) is 46.3 Å². The molecule has 4 heteroatoms. The monoisotopic (exact) mass is 711 g/mol. The van der Waals surface area contributed by atoms with Crippen molar-refractivity contribution in [1.29, 1.82) is 0 Å². The summed E-state index contributed by atoms with van der Waals surface area (Å²) >= 11 is 0. The van der Waals surface area contributed by atoms with Crippen molar-refractivity contribution in [3.05, 3.63) is 60.2 Å². The van der Waals surface area contributed by atoms with Crippen LogP contribution in [0.5, 0.6) is 11.5 Å². The van der Waals surface area contributed by atoms with Gasteiger partial charge in [-0.1, -0.05) is 103 Å². The van der Waals surface area contributed by atoms with Gasteiger partial charge in [0.25, 0.3) is 0 Å². The smallest absolute Gasteiger partial charge is 0.306 e. The van der Waals surface area contributed by atoms with Gasteiger partial charge in [-0.15, -0.1) is 0 Å². The summed E-state index contributed by atoms with van der Waals surface area (Å²) < 4.78 is 17.9. The van der Waals surface area contributed by atoms with E-state index in [1.807, 2.05) is 24.3 Å². The molecule has 6 rings (SSSR count). The first-order valence-electron chi connectivity index (χ1n) is 21.5. The summed E-state index contributed by atoms with van der Waals surface area (Å²) in [5.41, 5.74) is 4.74. The van der Waals surface area contributed by atoms with Gasteiger partial charge in [0.2, 0.25) is 0 Å². The van der Waals surface area contributed by atoms with E-state index in [2.05, 4.69) is 71.9 Å². The van der Waals surface area contributed by atoms with Gasteiger partial charge in [0, 0.05) is 12.8 Å². The Bertz CT molecular complexity index is 1460. The van der Waals surface area contributed by atoms with Gasteiger partial charge < -0.3 is 14.2 Å². The Balaban J connectivity index is 0.911. The molecule has 0 spiro atoms. The quantitative estimate of drug-likeness (QED) is 0.0931. The molecule has 4 aliphatic carbocycles. The summed E-state index contributed by atoms with van der Waals surface area (Å²) in [5, 5.41) is 0. The zero-order chi connectivity index (χ0) is 36.7. The van der Waals surface area contributed by atoms with Gasteiger partial charge in [-0.25, -0.2) is 0 Å². The summed E-state index contributed by atoms with van der Waals surface area (Å²) in [4.78, 5) is 12.9. The highest BCUT2D eigenvalue weighted by Crippen LogP contribution is 2.67. The Morgan fingerprint density at radius 3 is 2.10 bits per heavy atom. The van der Waals surface area contributed by atoms with E-state index in [9.17, 15) is 4.79 Å². The lowest BCUT2D eigenvalue weighted by Crippen LogP contribution is -2.51. The van der Waals surface area contributed by atoms with Crippen molar-refractivity contribution in [2.24, 2.45) is 46.3 Å². The van der Waals surface area contributed by atoms with E-state index in [0.717, 1.165) is 103 Å². The molecule has 52 heavy (non-hydrogen) atoms. The second-order valence-corrected chi connectivity index (χ2v) is 18.2. The lowest BCUT2D eigenvalue weighted by molar-refractivity contribution is -0.151. The van der Waals surface area contributed by atoms with E-state index in [4.69, 9.17) is 14.2 Å². The summed E-state index contributed by atoms with van der Waals surface area (Å²) in [6, 6.07) is 16.6. The zero-order valence-corrected chi connectivity index (χ0v) is 33.6. The van der Waals surface area contributed by atoms with Crippen LogP contribution in [-0.4, -0.2) is 25.3 Å². The van der Waals surface area contributed by atoms with E-state index in [0.29, 0.717) is 18.4 Å². The number of esters is 1. The standard InChI is InChI=1S/C48H70O4/c1-7-8-31-50-39-20-15-36(16-21-39)37-17-22-40(23-18-37)51-32-10-9-14-46(49)52-41-27-29-47(5)38(33-41)19-24-42-44-26-25-43(35(4)13-11-12-34(2)3)48(44,6)30-28-45(42)47/h15-23,34-35,41-45H,7-14,24-33H2,1-6H3/t35-,41+,42+,43-,44+,45+,47+,48-/m1/s1. The Morgan fingerprint density at radius 1 is 0.769 bits per heavy atom. The molecule has 0 aromatic heterocycles.